The number of halogens is 1. The van der Waals surface area contributed by atoms with E-state index in [2.05, 4.69) is 10.3 Å². The molecule has 0 saturated carbocycles. The normalized spacial score (nSPS) is 18.1. The minimum atomic E-state index is -0.888. The van der Waals surface area contributed by atoms with Gasteiger partial charge in [-0.05, 0) is 50.5 Å². The lowest BCUT2D eigenvalue weighted by Crippen LogP contribution is -2.43. The predicted octanol–water partition coefficient (Wildman–Crippen LogP) is 3.67. The molecule has 1 saturated heterocycles. The molecule has 1 fully saturated rings. The van der Waals surface area contributed by atoms with Crippen LogP contribution < -0.4 is 20.5 Å². The van der Waals surface area contributed by atoms with Crippen molar-refractivity contribution >= 4 is 17.5 Å². The Morgan fingerprint density at radius 1 is 1.21 bits per heavy atom. The molecule has 1 unspecified atom stereocenters. The Labute approximate surface area is 225 Å². The van der Waals surface area contributed by atoms with Gasteiger partial charge in [-0.25, -0.2) is 9.37 Å². The first kappa shape index (κ1) is 26.6. The Morgan fingerprint density at radius 2 is 1.97 bits per heavy atom. The molecule has 3 heterocycles. The van der Waals surface area contributed by atoms with E-state index in [0.29, 0.717) is 36.5 Å². The third-order valence-corrected chi connectivity index (χ3v) is 7.12. The zero-order chi connectivity index (χ0) is 27.7. The molecule has 10 heteroatoms. The lowest BCUT2D eigenvalue weighted by atomic mass is 10.1. The van der Waals surface area contributed by atoms with Gasteiger partial charge < -0.3 is 19.7 Å². The van der Waals surface area contributed by atoms with Gasteiger partial charge in [0, 0.05) is 19.0 Å². The second-order valence-corrected chi connectivity index (χ2v) is 10.3. The lowest BCUT2D eigenvalue weighted by molar-refractivity contribution is -0.117. The van der Waals surface area contributed by atoms with Crippen LogP contribution in [-0.4, -0.2) is 34.0 Å². The molecule has 1 atom stereocenters. The third-order valence-electron chi connectivity index (χ3n) is 7.12. The maximum absolute atomic E-state index is 14.2. The molecule has 0 aliphatic carbocycles. The summed E-state index contributed by atoms with van der Waals surface area (Å²) < 4.78 is 27.4. The summed E-state index contributed by atoms with van der Waals surface area (Å²) in [5.41, 5.74) is 0.304. The first-order valence-corrected chi connectivity index (χ1v) is 13.0. The molecule has 0 bridgehead atoms. The zero-order valence-electron chi connectivity index (χ0n) is 22.2. The Kier molecular flexibility index (Phi) is 7.22. The molecule has 3 aromatic rings. The summed E-state index contributed by atoms with van der Waals surface area (Å²) in [5.74, 6) is -1.02. The molecule has 0 spiro atoms. The molecule has 2 aliphatic rings. The Hall–Kier alpha value is -4.05. The molecule has 39 heavy (non-hydrogen) atoms. The number of anilines is 1. The van der Waals surface area contributed by atoms with Crippen LogP contribution in [0.15, 0.2) is 53.3 Å². The summed E-state index contributed by atoms with van der Waals surface area (Å²) in [4.78, 5) is 45.7. The number of benzene rings is 2. The molecule has 1 aromatic heterocycles. The van der Waals surface area contributed by atoms with Crippen LogP contribution in [0.2, 0.25) is 0 Å². The summed E-state index contributed by atoms with van der Waals surface area (Å²) in [5, 5.41) is 2.80. The van der Waals surface area contributed by atoms with Gasteiger partial charge in [0.2, 0.25) is 11.7 Å². The van der Waals surface area contributed by atoms with Crippen LogP contribution in [0.4, 0.5) is 10.1 Å². The molecule has 9 nitrogen and oxygen atoms in total. The van der Waals surface area contributed by atoms with E-state index in [9.17, 15) is 18.8 Å². The van der Waals surface area contributed by atoms with Crippen molar-refractivity contribution in [3.8, 4) is 5.75 Å². The highest BCUT2D eigenvalue weighted by Crippen LogP contribution is 2.31. The highest BCUT2D eigenvalue weighted by molar-refractivity contribution is 5.97. The third kappa shape index (κ3) is 5.29. The summed E-state index contributed by atoms with van der Waals surface area (Å²) in [7, 11) is 0. The number of ether oxygens (including phenoxy) is 2. The van der Waals surface area contributed by atoms with Crippen molar-refractivity contribution in [3.05, 3.63) is 87.3 Å². The second-order valence-electron chi connectivity index (χ2n) is 10.3. The van der Waals surface area contributed by atoms with Crippen LogP contribution in [0.1, 0.15) is 61.1 Å². The highest BCUT2D eigenvalue weighted by atomic mass is 19.1. The quantitative estimate of drug-likeness (QED) is 0.496. The van der Waals surface area contributed by atoms with Gasteiger partial charge in [-0.1, -0.05) is 36.4 Å². The van der Waals surface area contributed by atoms with E-state index in [4.69, 9.17) is 9.47 Å². The van der Waals surface area contributed by atoms with Gasteiger partial charge in [-0.3, -0.25) is 19.0 Å². The summed E-state index contributed by atoms with van der Waals surface area (Å²) in [6.45, 7) is 6.16. The van der Waals surface area contributed by atoms with Crippen LogP contribution in [0.5, 0.6) is 5.75 Å². The van der Waals surface area contributed by atoms with Gasteiger partial charge in [0.05, 0.1) is 18.8 Å². The average Bonchev–Trinajstić information content (AvgIpc) is 3.25. The molecule has 204 valence electrons. The Balaban J connectivity index is 1.47. The number of hydrogen-bond acceptors (Lipinski definition) is 6. The van der Waals surface area contributed by atoms with Gasteiger partial charge in [0.1, 0.15) is 23.8 Å². The van der Waals surface area contributed by atoms with E-state index in [1.807, 2.05) is 37.3 Å². The maximum atomic E-state index is 14.2. The largest absolute Gasteiger partial charge is 0.481 e. The van der Waals surface area contributed by atoms with Gasteiger partial charge in [0.15, 0.2) is 5.69 Å². The number of rotatable bonds is 7. The number of amides is 2. The molecule has 5 rings (SSSR count). The molecule has 2 amide bonds. The van der Waals surface area contributed by atoms with E-state index in [-0.39, 0.29) is 43.1 Å². The number of fused-ring (bicyclic) bond motifs is 1. The smallest absolute Gasteiger partial charge is 0.296 e. The van der Waals surface area contributed by atoms with Crippen LogP contribution in [-0.2, 0) is 34.8 Å². The summed E-state index contributed by atoms with van der Waals surface area (Å²) >= 11 is 0. The van der Waals surface area contributed by atoms with Crippen molar-refractivity contribution < 1.29 is 23.5 Å². The van der Waals surface area contributed by atoms with E-state index >= 15 is 0 Å². The van der Waals surface area contributed by atoms with Gasteiger partial charge in [0.25, 0.3) is 11.5 Å². The summed E-state index contributed by atoms with van der Waals surface area (Å²) in [6, 6.07) is 13.4. The van der Waals surface area contributed by atoms with Crippen molar-refractivity contribution in [1.29, 1.82) is 0 Å². The molecule has 2 aliphatic heterocycles. The van der Waals surface area contributed by atoms with E-state index < -0.39 is 22.9 Å². The van der Waals surface area contributed by atoms with Crippen molar-refractivity contribution in [2.75, 3.05) is 11.5 Å². The minimum absolute atomic E-state index is 0.0109. The van der Waals surface area contributed by atoms with Crippen LogP contribution in [0.25, 0.3) is 0 Å². The van der Waals surface area contributed by atoms with Crippen LogP contribution >= 0.6 is 0 Å². The summed E-state index contributed by atoms with van der Waals surface area (Å²) in [6.07, 6.45) is 1.05. The first-order chi connectivity index (χ1) is 18.7. The van der Waals surface area contributed by atoms with Crippen molar-refractivity contribution in [1.82, 2.24) is 14.9 Å². The highest BCUT2D eigenvalue weighted by Gasteiger charge is 2.35. The SMILES string of the molecule is CC1CCC(=O)N1c1cc(F)ccc1CNC(=O)c1nc2n(c(=O)c1OCc1ccccc1)CCOC2(C)C. The zero-order valence-corrected chi connectivity index (χ0v) is 22.2. The molecule has 2 aromatic carbocycles. The number of nitrogens with one attached hydrogen (secondary N) is 1. The number of hydrogen-bond donors (Lipinski definition) is 1. The Bertz CT molecular complexity index is 1470. The molecule has 1 N–H and O–H groups in total. The standard InChI is InChI=1S/C29H31FN4O5/c1-18-9-12-23(35)34(18)22-15-21(30)11-10-20(22)16-31-26(36)24-25(38-17-19-7-5-4-6-8-19)27(37)33-13-14-39-29(2,3)28(33)32-24/h4-8,10-11,15,18H,9,12-14,16-17H2,1-3H3,(H,31,36). The molecular formula is C29H31FN4O5. The van der Waals surface area contributed by atoms with Crippen molar-refractivity contribution in [2.24, 2.45) is 0 Å². The van der Waals surface area contributed by atoms with Crippen LogP contribution in [0, 0.1) is 5.82 Å². The topological polar surface area (TPSA) is 103 Å². The van der Waals surface area contributed by atoms with E-state index in [1.54, 1.807) is 24.8 Å². The maximum Gasteiger partial charge on any atom is 0.296 e. The fourth-order valence-corrected chi connectivity index (χ4v) is 5.04. The fraction of sp³-hybridized carbons (Fsp3) is 0.379. The number of nitrogens with zero attached hydrogens (tertiary/aromatic N) is 3. The number of carbonyl (C=O) groups excluding carboxylic acids is 2. The lowest BCUT2D eigenvalue weighted by Gasteiger charge is -2.33. The van der Waals surface area contributed by atoms with Gasteiger partial charge in [-0.15, -0.1) is 0 Å². The number of aromatic nitrogens is 2. The number of carbonyl (C=O) groups is 2. The average molecular weight is 535 g/mol. The van der Waals surface area contributed by atoms with Crippen LogP contribution in [0.3, 0.4) is 0 Å². The fourth-order valence-electron chi connectivity index (χ4n) is 5.04. The monoisotopic (exact) mass is 534 g/mol. The van der Waals surface area contributed by atoms with Gasteiger partial charge >= 0.3 is 0 Å². The van der Waals surface area contributed by atoms with Crippen molar-refractivity contribution in [3.63, 3.8) is 0 Å². The molecule has 0 radical (unpaired) electrons. The predicted molar refractivity (Wildman–Crippen MR) is 142 cm³/mol. The second kappa shape index (κ2) is 10.6. The van der Waals surface area contributed by atoms with E-state index in [1.165, 1.54) is 16.7 Å². The van der Waals surface area contributed by atoms with E-state index in [0.717, 1.165) is 5.56 Å². The minimum Gasteiger partial charge on any atom is -0.481 e. The molecular weight excluding hydrogens is 503 g/mol. The van der Waals surface area contributed by atoms with Crippen molar-refractivity contribution in [2.45, 2.75) is 65.0 Å². The first-order valence-electron chi connectivity index (χ1n) is 13.0. The van der Waals surface area contributed by atoms with Gasteiger partial charge in [-0.2, -0.15) is 0 Å². The Morgan fingerprint density at radius 3 is 2.69 bits per heavy atom.